The highest BCUT2D eigenvalue weighted by Gasteiger charge is 2.35. The largest absolute Gasteiger partial charge is 0.443 e. The van der Waals surface area contributed by atoms with Crippen molar-refractivity contribution in [2.24, 2.45) is 0 Å². The summed E-state index contributed by atoms with van der Waals surface area (Å²) in [6.07, 6.45) is -1.45. The van der Waals surface area contributed by atoms with Crippen LogP contribution in [0.5, 0.6) is 0 Å². The summed E-state index contributed by atoms with van der Waals surface area (Å²) >= 11 is 0.670. The summed E-state index contributed by atoms with van der Waals surface area (Å²) in [5.74, 6) is 0. The summed E-state index contributed by atoms with van der Waals surface area (Å²) in [5.41, 5.74) is 1.71. The van der Waals surface area contributed by atoms with Crippen LogP contribution in [0, 0.1) is 6.92 Å². The summed E-state index contributed by atoms with van der Waals surface area (Å²) in [6, 6.07) is 3.36. The molecule has 1 atom stereocenters. The van der Waals surface area contributed by atoms with Gasteiger partial charge in [-0.15, -0.1) is 11.3 Å². The quantitative estimate of drug-likeness (QED) is 0.938. The van der Waals surface area contributed by atoms with Gasteiger partial charge < -0.3 is 5.32 Å². The van der Waals surface area contributed by atoms with Crippen molar-refractivity contribution < 1.29 is 13.2 Å². The lowest BCUT2D eigenvalue weighted by Crippen LogP contribution is -2.21. The minimum absolute atomic E-state index is 0.296. The first-order chi connectivity index (χ1) is 9.41. The first-order valence-corrected chi connectivity index (χ1v) is 6.92. The van der Waals surface area contributed by atoms with Gasteiger partial charge in [0.2, 0.25) is 0 Å². The summed E-state index contributed by atoms with van der Waals surface area (Å²) in [7, 11) is 0. The number of rotatable bonds is 4. The van der Waals surface area contributed by atoms with E-state index >= 15 is 0 Å². The van der Waals surface area contributed by atoms with Crippen molar-refractivity contribution in [1.29, 1.82) is 0 Å². The highest BCUT2D eigenvalue weighted by Crippen LogP contribution is 2.35. The highest BCUT2D eigenvalue weighted by atomic mass is 32.1. The van der Waals surface area contributed by atoms with Gasteiger partial charge in [0.15, 0.2) is 5.01 Å². The van der Waals surface area contributed by atoms with Crippen LogP contribution in [0.4, 0.5) is 13.2 Å². The van der Waals surface area contributed by atoms with Gasteiger partial charge in [-0.2, -0.15) is 13.2 Å². The Morgan fingerprint density at radius 3 is 2.65 bits per heavy atom. The first kappa shape index (κ1) is 14.9. The van der Waals surface area contributed by atoms with Crippen molar-refractivity contribution in [1.82, 2.24) is 15.3 Å². The third kappa shape index (κ3) is 3.34. The van der Waals surface area contributed by atoms with E-state index in [0.717, 1.165) is 11.3 Å². The van der Waals surface area contributed by atoms with Gasteiger partial charge in [-0.05, 0) is 31.2 Å². The maximum absolute atomic E-state index is 12.6. The van der Waals surface area contributed by atoms with Crippen molar-refractivity contribution in [3.8, 4) is 0 Å². The lowest BCUT2D eigenvalue weighted by molar-refractivity contribution is -0.137. The minimum atomic E-state index is -4.39. The molecular weight excluding hydrogens is 287 g/mol. The van der Waals surface area contributed by atoms with E-state index in [9.17, 15) is 13.2 Å². The molecule has 0 aliphatic carbocycles. The second-order valence-electron chi connectivity index (χ2n) is 4.29. The van der Waals surface area contributed by atoms with E-state index in [0.29, 0.717) is 22.8 Å². The molecule has 0 saturated carbocycles. The van der Waals surface area contributed by atoms with Crippen molar-refractivity contribution in [2.45, 2.75) is 26.1 Å². The topological polar surface area (TPSA) is 37.8 Å². The maximum Gasteiger partial charge on any atom is 0.443 e. The van der Waals surface area contributed by atoms with E-state index < -0.39 is 11.2 Å². The molecule has 7 heteroatoms. The van der Waals surface area contributed by atoms with Crippen molar-refractivity contribution >= 4 is 11.3 Å². The Bertz CT molecular complexity index is 580. The molecule has 0 fully saturated rings. The summed E-state index contributed by atoms with van der Waals surface area (Å²) in [6.45, 7) is 4.40. The standard InChI is InChI=1S/C13H14F3N3S/c1-3-17-11(9-4-5-18-8(2)6-9)10-7-19-12(20-10)13(14,15)16/h4-7,11,17H,3H2,1-2H3. The fourth-order valence-electron chi connectivity index (χ4n) is 1.88. The SMILES string of the molecule is CCNC(c1ccnc(C)c1)c1cnc(C(F)(F)F)s1. The molecule has 2 rings (SSSR count). The number of hydrogen-bond donors (Lipinski definition) is 1. The normalized spacial score (nSPS) is 13.4. The van der Waals surface area contributed by atoms with Gasteiger partial charge in [-0.1, -0.05) is 6.92 Å². The second kappa shape index (κ2) is 5.88. The molecule has 0 spiro atoms. The molecular formula is C13H14F3N3S. The molecule has 0 amide bonds. The van der Waals surface area contributed by atoms with Crippen LogP contribution in [-0.2, 0) is 6.18 Å². The first-order valence-electron chi connectivity index (χ1n) is 6.10. The molecule has 2 aromatic heterocycles. The third-order valence-corrected chi connectivity index (χ3v) is 3.82. The van der Waals surface area contributed by atoms with Gasteiger partial charge in [0.1, 0.15) is 0 Å². The van der Waals surface area contributed by atoms with Crippen LogP contribution in [0.25, 0.3) is 0 Å². The van der Waals surface area contributed by atoms with Crippen LogP contribution >= 0.6 is 11.3 Å². The molecule has 2 aromatic rings. The zero-order valence-corrected chi connectivity index (χ0v) is 11.8. The Morgan fingerprint density at radius 1 is 1.35 bits per heavy atom. The molecule has 2 heterocycles. The van der Waals surface area contributed by atoms with Gasteiger partial charge in [0.05, 0.1) is 6.04 Å². The monoisotopic (exact) mass is 301 g/mol. The zero-order chi connectivity index (χ0) is 14.8. The molecule has 0 saturated heterocycles. The third-order valence-electron chi connectivity index (χ3n) is 2.71. The van der Waals surface area contributed by atoms with Crippen molar-refractivity contribution in [3.63, 3.8) is 0 Å². The number of nitrogens with one attached hydrogen (secondary N) is 1. The molecule has 0 bridgehead atoms. The minimum Gasteiger partial charge on any atom is -0.306 e. The average Bonchev–Trinajstić information content (AvgIpc) is 2.85. The molecule has 0 aromatic carbocycles. The molecule has 108 valence electrons. The van der Waals surface area contributed by atoms with E-state index in [1.165, 1.54) is 6.20 Å². The average molecular weight is 301 g/mol. The number of hydrogen-bond acceptors (Lipinski definition) is 4. The van der Waals surface area contributed by atoms with Crippen LogP contribution in [0.2, 0.25) is 0 Å². The number of aromatic nitrogens is 2. The number of aryl methyl sites for hydroxylation is 1. The summed E-state index contributed by atoms with van der Waals surface area (Å²) in [4.78, 5) is 8.12. The van der Waals surface area contributed by atoms with Crippen LogP contribution in [0.15, 0.2) is 24.5 Å². The summed E-state index contributed by atoms with van der Waals surface area (Å²) < 4.78 is 37.9. The van der Waals surface area contributed by atoms with E-state index in [1.54, 1.807) is 12.3 Å². The number of nitrogens with zero attached hydrogens (tertiary/aromatic N) is 2. The zero-order valence-electron chi connectivity index (χ0n) is 11.0. The molecule has 20 heavy (non-hydrogen) atoms. The van der Waals surface area contributed by atoms with E-state index in [4.69, 9.17) is 0 Å². The van der Waals surface area contributed by atoms with E-state index in [2.05, 4.69) is 15.3 Å². The van der Waals surface area contributed by atoms with Gasteiger partial charge >= 0.3 is 6.18 Å². The van der Waals surface area contributed by atoms with E-state index in [1.807, 2.05) is 19.9 Å². The predicted molar refractivity (Wildman–Crippen MR) is 71.6 cm³/mol. The smallest absolute Gasteiger partial charge is 0.306 e. The highest BCUT2D eigenvalue weighted by molar-refractivity contribution is 7.11. The van der Waals surface area contributed by atoms with Crippen molar-refractivity contribution in [3.05, 3.63) is 45.7 Å². The van der Waals surface area contributed by atoms with Crippen LogP contribution in [-0.4, -0.2) is 16.5 Å². The van der Waals surface area contributed by atoms with Crippen LogP contribution in [0.3, 0.4) is 0 Å². The predicted octanol–water partition coefficient (Wildman–Crippen LogP) is 3.56. The molecule has 0 aliphatic rings. The number of alkyl halides is 3. The van der Waals surface area contributed by atoms with Gasteiger partial charge in [-0.25, -0.2) is 4.98 Å². The molecule has 1 N–H and O–H groups in total. The maximum atomic E-state index is 12.6. The molecule has 1 unspecified atom stereocenters. The summed E-state index contributed by atoms with van der Waals surface area (Å²) in [5, 5.41) is 2.36. The van der Waals surface area contributed by atoms with Gasteiger partial charge in [0, 0.05) is 23.0 Å². The fourth-order valence-corrected chi connectivity index (χ4v) is 2.77. The number of thiazole rings is 1. The Kier molecular flexibility index (Phi) is 4.39. The molecule has 0 aliphatic heterocycles. The van der Waals surface area contributed by atoms with Gasteiger partial charge in [0.25, 0.3) is 0 Å². The fraction of sp³-hybridized carbons (Fsp3) is 0.385. The Labute approximate surface area is 118 Å². The Morgan fingerprint density at radius 2 is 2.10 bits per heavy atom. The Balaban J connectivity index is 2.36. The Hall–Kier alpha value is -1.47. The van der Waals surface area contributed by atoms with Crippen LogP contribution < -0.4 is 5.32 Å². The molecule has 3 nitrogen and oxygen atoms in total. The van der Waals surface area contributed by atoms with E-state index in [-0.39, 0.29) is 6.04 Å². The lowest BCUT2D eigenvalue weighted by Gasteiger charge is -2.16. The van der Waals surface area contributed by atoms with Gasteiger partial charge in [-0.3, -0.25) is 4.98 Å². The van der Waals surface area contributed by atoms with Crippen LogP contribution in [0.1, 0.15) is 34.1 Å². The lowest BCUT2D eigenvalue weighted by atomic mass is 10.1. The van der Waals surface area contributed by atoms with Crippen molar-refractivity contribution in [2.75, 3.05) is 6.54 Å². The second-order valence-corrected chi connectivity index (χ2v) is 5.35. The number of pyridine rings is 1. The molecule has 0 radical (unpaired) electrons. The number of halogens is 3.